The van der Waals surface area contributed by atoms with Crippen molar-refractivity contribution in [2.24, 2.45) is 0 Å². The van der Waals surface area contributed by atoms with Crippen molar-refractivity contribution < 1.29 is 9.90 Å². The van der Waals surface area contributed by atoms with Gasteiger partial charge in [0.25, 0.3) is 0 Å². The molecule has 0 saturated heterocycles. The zero-order chi connectivity index (χ0) is 10.8. The first kappa shape index (κ1) is 11.0. The van der Waals surface area contributed by atoms with Crippen LogP contribution >= 0.6 is 11.8 Å². The van der Waals surface area contributed by atoms with Gasteiger partial charge in [0, 0.05) is 17.1 Å². The second kappa shape index (κ2) is 3.96. The van der Waals surface area contributed by atoms with Gasteiger partial charge in [-0.15, -0.1) is 0 Å². The van der Waals surface area contributed by atoms with Crippen LogP contribution in [0.4, 0.5) is 0 Å². The number of nitrogens with zero attached hydrogens (tertiary/aromatic N) is 2. The predicted molar refractivity (Wildman–Crippen MR) is 54.6 cm³/mol. The smallest absolute Gasteiger partial charge is 0.338 e. The average Bonchev–Trinajstić information content (AvgIpc) is 2.02. The summed E-state index contributed by atoms with van der Waals surface area (Å²) in [5.41, 5.74) is 0.114. The first-order chi connectivity index (χ1) is 6.38. The fraction of sp³-hybridized carbons (Fsp3) is 0.444. The SMILES string of the molecule is CC(C)(C)Sc1ncc(C(=O)O)cn1. The van der Waals surface area contributed by atoms with Crippen molar-refractivity contribution in [1.82, 2.24) is 9.97 Å². The summed E-state index contributed by atoms with van der Waals surface area (Å²) in [6.45, 7) is 6.14. The molecule has 0 aliphatic carbocycles. The van der Waals surface area contributed by atoms with Gasteiger partial charge in [0.2, 0.25) is 0 Å². The second-order valence-electron chi connectivity index (χ2n) is 3.77. The Morgan fingerprint density at radius 1 is 1.36 bits per heavy atom. The maximum absolute atomic E-state index is 10.5. The maximum atomic E-state index is 10.5. The van der Waals surface area contributed by atoms with E-state index in [1.54, 1.807) is 0 Å². The number of carboxylic acids is 1. The van der Waals surface area contributed by atoms with Crippen molar-refractivity contribution in [2.45, 2.75) is 30.7 Å². The molecule has 1 heterocycles. The fourth-order valence-corrected chi connectivity index (χ4v) is 1.51. The summed E-state index contributed by atoms with van der Waals surface area (Å²) in [4.78, 5) is 18.4. The normalized spacial score (nSPS) is 11.4. The Morgan fingerprint density at radius 2 is 1.86 bits per heavy atom. The Labute approximate surface area is 86.8 Å². The van der Waals surface area contributed by atoms with Gasteiger partial charge in [0.1, 0.15) is 0 Å². The minimum absolute atomic E-state index is 0.0325. The molecule has 0 aliphatic rings. The van der Waals surface area contributed by atoms with E-state index in [1.165, 1.54) is 24.2 Å². The Morgan fingerprint density at radius 3 is 2.21 bits per heavy atom. The van der Waals surface area contributed by atoms with Crippen molar-refractivity contribution >= 4 is 17.7 Å². The Bertz CT molecular complexity index is 330. The molecule has 0 spiro atoms. The second-order valence-corrected chi connectivity index (χ2v) is 5.57. The standard InChI is InChI=1S/C9H12N2O2S/c1-9(2,3)14-8-10-4-6(5-11-8)7(12)13/h4-5H,1-3H3,(H,12,13). The van der Waals surface area contributed by atoms with Gasteiger partial charge in [-0.05, 0) is 0 Å². The van der Waals surface area contributed by atoms with Crippen LogP contribution in [0.2, 0.25) is 0 Å². The summed E-state index contributed by atoms with van der Waals surface area (Å²) in [6.07, 6.45) is 2.65. The van der Waals surface area contributed by atoms with Crippen molar-refractivity contribution in [1.29, 1.82) is 0 Å². The van der Waals surface area contributed by atoms with E-state index in [2.05, 4.69) is 9.97 Å². The molecule has 0 radical (unpaired) electrons. The van der Waals surface area contributed by atoms with Crippen LogP contribution in [0.5, 0.6) is 0 Å². The predicted octanol–water partition coefficient (Wildman–Crippen LogP) is 2.07. The minimum Gasteiger partial charge on any atom is -0.478 e. The van der Waals surface area contributed by atoms with Gasteiger partial charge in [-0.2, -0.15) is 0 Å². The molecule has 0 aliphatic heterocycles. The molecule has 1 aromatic heterocycles. The molecule has 14 heavy (non-hydrogen) atoms. The lowest BCUT2D eigenvalue weighted by molar-refractivity contribution is 0.0695. The van der Waals surface area contributed by atoms with E-state index < -0.39 is 5.97 Å². The number of aromatic carboxylic acids is 1. The average molecular weight is 212 g/mol. The summed E-state index contributed by atoms with van der Waals surface area (Å²) >= 11 is 1.51. The topological polar surface area (TPSA) is 63.1 Å². The van der Waals surface area contributed by atoms with Gasteiger partial charge < -0.3 is 5.11 Å². The third-order valence-electron chi connectivity index (χ3n) is 1.27. The fourth-order valence-electron chi connectivity index (χ4n) is 0.753. The van der Waals surface area contributed by atoms with E-state index in [9.17, 15) is 4.79 Å². The van der Waals surface area contributed by atoms with Crippen molar-refractivity contribution in [3.63, 3.8) is 0 Å². The van der Waals surface area contributed by atoms with Gasteiger partial charge in [-0.3, -0.25) is 0 Å². The highest BCUT2D eigenvalue weighted by Gasteiger charge is 2.14. The molecule has 0 amide bonds. The molecule has 1 aromatic rings. The van der Waals surface area contributed by atoms with Crippen LogP contribution in [-0.2, 0) is 0 Å². The first-order valence-electron chi connectivity index (χ1n) is 4.13. The van der Waals surface area contributed by atoms with E-state index in [4.69, 9.17) is 5.11 Å². The van der Waals surface area contributed by atoms with Gasteiger partial charge in [0.05, 0.1) is 5.56 Å². The lowest BCUT2D eigenvalue weighted by Gasteiger charge is -2.15. The number of thioether (sulfide) groups is 1. The third kappa shape index (κ3) is 3.33. The largest absolute Gasteiger partial charge is 0.478 e. The van der Waals surface area contributed by atoms with Crippen LogP contribution in [0.1, 0.15) is 31.1 Å². The Kier molecular flexibility index (Phi) is 3.10. The van der Waals surface area contributed by atoms with Crippen molar-refractivity contribution in [2.75, 3.05) is 0 Å². The molecular weight excluding hydrogens is 200 g/mol. The molecule has 0 aromatic carbocycles. The third-order valence-corrected chi connectivity index (χ3v) is 2.28. The molecule has 5 heteroatoms. The monoisotopic (exact) mass is 212 g/mol. The maximum Gasteiger partial charge on any atom is 0.338 e. The number of carbonyl (C=O) groups is 1. The Balaban J connectivity index is 2.79. The van der Waals surface area contributed by atoms with E-state index in [-0.39, 0.29) is 10.3 Å². The van der Waals surface area contributed by atoms with Gasteiger partial charge in [-0.1, -0.05) is 32.5 Å². The molecule has 1 rings (SSSR count). The first-order valence-corrected chi connectivity index (χ1v) is 4.94. The van der Waals surface area contributed by atoms with Crippen LogP contribution in [0.15, 0.2) is 17.6 Å². The summed E-state index contributed by atoms with van der Waals surface area (Å²) in [5.74, 6) is -1.00. The van der Waals surface area contributed by atoms with Crippen LogP contribution < -0.4 is 0 Å². The molecule has 0 atom stereocenters. The van der Waals surface area contributed by atoms with Gasteiger partial charge in [0.15, 0.2) is 5.16 Å². The summed E-state index contributed by atoms with van der Waals surface area (Å²) in [7, 11) is 0. The molecule has 4 nitrogen and oxygen atoms in total. The van der Waals surface area contributed by atoms with E-state index in [1.807, 2.05) is 20.8 Å². The van der Waals surface area contributed by atoms with E-state index in [0.29, 0.717) is 5.16 Å². The molecule has 76 valence electrons. The summed E-state index contributed by atoms with van der Waals surface area (Å²) < 4.78 is 0.0325. The van der Waals surface area contributed by atoms with Gasteiger partial charge >= 0.3 is 5.97 Å². The van der Waals surface area contributed by atoms with Crippen LogP contribution in [0, 0.1) is 0 Å². The van der Waals surface area contributed by atoms with Gasteiger partial charge in [-0.25, -0.2) is 14.8 Å². The van der Waals surface area contributed by atoms with Crippen LogP contribution in [-0.4, -0.2) is 25.8 Å². The molecule has 0 fully saturated rings. The van der Waals surface area contributed by atoms with Crippen LogP contribution in [0.3, 0.4) is 0 Å². The zero-order valence-electron chi connectivity index (χ0n) is 8.31. The van der Waals surface area contributed by atoms with E-state index in [0.717, 1.165) is 0 Å². The number of hydrogen-bond acceptors (Lipinski definition) is 4. The van der Waals surface area contributed by atoms with Crippen molar-refractivity contribution in [3.8, 4) is 0 Å². The highest BCUT2D eigenvalue weighted by atomic mass is 32.2. The zero-order valence-corrected chi connectivity index (χ0v) is 9.13. The molecule has 0 saturated carbocycles. The Hall–Kier alpha value is -1.10. The van der Waals surface area contributed by atoms with Crippen molar-refractivity contribution in [3.05, 3.63) is 18.0 Å². The molecule has 0 unspecified atom stereocenters. The van der Waals surface area contributed by atoms with E-state index >= 15 is 0 Å². The molecule has 0 bridgehead atoms. The highest BCUT2D eigenvalue weighted by molar-refractivity contribution is 8.00. The minimum atomic E-state index is -1.00. The summed E-state index contributed by atoms with van der Waals surface area (Å²) in [5, 5.41) is 9.22. The quantitative estimate of drug-likeness (QED) is 0.600. The lowest BCUT2D eigenvalue weighted by atomic mass is 10.3. The lowest BCUT2D eigenvalue weighted by Crippen LogP contribution is -2.08. The number of carboxylic acid groups (broad SMARTS) is 1. The summed E-state index contributed by atoms with van der Waals surface area (Å²) in [6, 6.07) is 0. The number of hydrogen-bond donors (Lipinski definition) is 1. The molecule has 1 N–H and O–H groups in total. The molecular formula is C9H12N2O2S. The highest BCUT2D eigenvalue weighted by Crippen LogP contribution is 2.28. The number of aromatic nitrogens is 2. The van der Waals surface area contributed by atoms with Crippen LogP contribution in [0.25, 0.3) is 0 Å². The number of rotatable bonds is 2.